The third kappa shape index (κ3) is 1.17. The van der Waals surface area contributed by atoms with Gasteiger partial charge in [0.1, 0.15) is 5.82 Å². The molecule has 1 aliphatic carbocycles. The van der Waals surface area contributed by atoms with E-state index in [1.54, 1.807) is 6.07 Å². The highest BCUT2D eigenvalue weighted by molar-refractivity contribution is 6.34. The van der Waals surface area contributed by atoms with Crippen molar-refractivity contribution in [2.75, 3.05) is 0 Å². The quantitative estimate of drug-likeness (QED) is 0.626. The van der Waals surface area contributed by atoms with E-state index in [1.807, 2.05) is 6.92 Å². The summed E-state index contributed by atoms with van der Waals surface area (Å²) >= 11 is 5.70. The van der Waals surface area contributed by atoms with Crippen LogP contribution in [0.4, 0.5) is 4.39 Å². The predicted octanol–water partition coefficient (Wildman–Crippen LogP) is 3.17. The van der Waals surface area contributed by atoms with Crippen molar-refractivity contribution < 1.29 is 9.18 Å². The van der Waals surface area contributed by atoms with Crippen molar-refractivity contribution in [2.24, 2.45) is 0 Å². The normalized spacial score (nSPS) is 20.5. The number of ketones is 1. The summed E-state index contributed by atoms with van der Waals surface area (Å²) in [5.74, 6) is -0.393. The second-order valence-electron chi connectivity index (χ2n) is 3.35. The maximum Gasteiger partial charge on any atom is 0.165 e. The van der Waals surface area contributed by atoms with E-state index in [1.165, 1.54) is 6.07 Å². The summed E-state index contributed by atoms with van der Waals surface area (Å²) in [6, 6.07) is 2.96. The zero-order valence-corrected chi connectivity index (χ0v) is 7.86. The fourth-order valence-electron chi connectivity index (χ4n) is 1.75. The Labute approximate surface area is 80.5 Å². The highest BCUT2D eigenvalue weighted by Gasteiger charge is 2.29. The Bertz CT molecular complexity index is 387. The number of carbonyl (C=O) groups is 1. The molecule has 0 bridgehead atoms. The topological polar surface area (TPSA) is 17.1 Å². The third-order valence-corrected chi connectivity index (χ3v) is 2.80. The van der Waals surface area contributed by atoms with Crippen LogP contribution in [0.3, 0.4) is 0 Å². The Morgan fingerprint density at radius 1 is 1.54 bits per heavy atom. The lowest BCUT2D eigenvalue weighted by Gasteiger charge is -2.03. The summed E-state index contributed by atoms with van der Waals surface area (Å²) in [7, 11) is 0. The molecule has 0 fully saturated rings. The van der Waals surface area contributed by atoms with E-state index in [4.69, 9.17) is 11.6 Å². The van der Waals surface area contributed by atoms with E-state index in [0.29, 0.717) is 12.0 Å². The standard InChI is InChI=1S/C10H8ClFO/c1-5-4-8(13)9-6(5)2-3-7(12)10(9)11/h2-3,5H,4H2,1H3. The number of benzene rings is 1. The summed E-state index contributed by atoms with van der Waals surface area (Å²) in [6.07, 6.45) is 0.443. The zero-order valence-electron chi connectivity index (χ0n) is 7.10. The van der Waals surface area contributed by atoms with Crippen molar-refractivity contribution in [1.82, 2.24) is 0 Å². The Morgan fingerprint density at radius 3 is 2.92 bits per heavy atom. The van der Waals surface area contributed by atoms with Gasteiger partial charge in [-0.15, -0.1) is 0 Å². The second-order valence-corrected chi connectivity index (χ2v) is 3.73. The Morgan fingerprint density at radius 2 is 2.23 bits per heavy atom. The minimum Gasteiger partial charge on any atom is -0.294 e. The number of fused-ring (bicyclic) bond motifs is 1. The molecule has 3 heteroatoms. The van der Waals surface area contributed by atoms with Crippen molar-refractivity contribution in [3.05, 3.63) is 34.1 Å². The van der Waals surface area contributed by atoms with Gasteiger partial charge in [-0.25, -0.2) is 4.39 Å². The molecule has 0 aromatic heterocycles. The molecule has 0 saturated heterocycles. The van der Waals surface area contributed by atoms with Crippen molar-refractivity contribution >= 4 is 17.4 Å². The Hall–Kier alpha value is -0.890. The molecule has 68 valence electrons. The van der Waals surface area contributed by atoms with Crippen molar-refractivity contribution in [3.63, 3.8) is 0 Å². The predicted molar refractivity (Wildman–Crippen MR) is 48.8 cm³/mol. The van der Waals surface area contributed by atoms with Gasteiger partial charge >= 0.3 is 0 Å². The molecule has 1 unspecified atom stereocenters. The molecule has 0 aliphatic heterocycles. The second kappa shape index (κ2) is 2.81. The fourth-order valence-corrected chi connectivity index (χ4v) is 2.03. The van der Waals surface area contributed by atoms with E-state index < -0.39 is 5.82 Å². The van der Waals surface area contributed by atoms with E-state index >= 15 is 0 Å². The summed E-state index contributed by atoms with van der Waals surface area (Å²) in [5, 5.41) is -0.0214. The first-order chi connectivity index (χ1) is 6.11. The number of rotatable bonds is 0. The first kappa shape index (κ1) is 8.70. The van der Waals surface area contributed by atoms with Crippen LogP contribution >= 0.6 is 11.6 Å². The maximum absolute atomic E-state index is 13.0. The van der Waals surface area contributed by atoms with Gasteiger partial charge in [0.25, 0.3) is 0 Å². The fraction of sp³-hybridized carbons (Fsp3) is 0.300. The number of halogens is 2. The molecule has 0 amide bonds. The minimum absolute atomic E-state index is 0.0214. The van der Waals surface area contributed by atoms with Crippen molar-refractivity contribution in [2.45, 2.75) is 19.3 Å². The summed E-state index contributed by atoms with van der Waals surface area (Å²) < 4.78 is 13.0. The van der Waals surface area contributed by atoms with E-state index in [9.17, 15) is 9.18 Å². The van der Waals surface area contributed by atoms with Crippen LogP contribution in [0.25, 0.3) is 0 Å². The van der Waals surface area contributed by atoms with Gasteiger partial charge in [-0.1, -0.05) is 24.6 Å². The highest BCUT2D eigenvalue weighted by Crippen LogP contribution is 2.37. The van der Waals surface area contributed by atoms with Crippen LogP contribution in [0.5, 0.6) is 0 Å². The van der Waals surface area contributed by atoms with Gasteiger partial charge < -0.3 is 0 Å². The Balaban J connectivity index is 2.71. The van der Waals surface area contributed by atoms with Gasteiger partial charge in [0, 0.05) is 12.0 Å². The lowest BCUT2D eigenvalue weighted by molar-refractivity contribution is 0.0990. The van der Waals surface area contributed by atoms with E-state index in [2.05, 4.69) is 0 Å². The molecule has 13 heavy (non-hydrogen) atoms. The highest BCUT2D eigenvalue weighted by atomic mass is 35.5. The van der Waals surface area contributed by atoms with Crippen LogP contribution in [0.15, 0.2) is 12.1 Å². The molecule has 0 spiro atoms. The largest absolute Gasteiger partial charge is 0.294 e. The number of carbonyl (C=O) groups excluding carboxylic acids is 1. The van der Waals surface area contributed by atoms with Crippen LogP contribution < -0.4 is 0 Å². The van der Waals surface area contributed by atoms with Gasteiger partial charge in [-0.3, -0.25) is 4.79 Å². The first-order valence-corrected chi connectivity index (χ1v) is 4.50. The summed E-state index contributed by atoms with van der Waals surface area (Å²) in [4.78, 5) is 11.4. The van der Waals surface area contributed by atoms with Gasteiger partial charge in [0.05, 0.1) is 5.02 Å². The van der Waals surface area contributed by atoms with E-state index in [0.717, 1.165) is 5.56 Å². The molecule has 1 aliphatic rings. The third-order valence-electron chi connectivity index (χ3n) is 2.43. The van der Waals surface area contributed by atoms with Crippen molar-refractivity contribution in [3.8, 4) is 0 Å². The Kier molecular flexibility index (Phi) is 1.88. The first-order valence-electron chi connectivity index (χ1n) is 4.12. The molecule has 2 rings (SSSR count). The summed E-state index contributed by atoms with van der Waals surface area (Å²) in [6.45, 7) is 1.94. The molecule has 0 N–H and O–H groups in total. The molecule has 1 aromatic carbocycles. The van der Waals surface area contributed by atoms with Crippen LogP contribution in [-0.4, -0.2) is 5.78 Å². The number of hydrogen-bond acceptors (Lipinski definition) is 1. The van der Waals surface area contributed by atoms with Crippen LogP contribution in [0.1, 0.15) is 35.2 Å². The average molecular weight is 199 g/mol. The molecule has 0 saturated carbocycles. The molecule has 1 nitrogen and oxygen atoms in total. The van der Waals surface area contributed by atoms with Gasteiger partial charge in [-0.2, -0.15) is 0 Å². The molecular weight excluding hydrogens is 191 g/mol. The molecule has 0 radical (unpaired) electrons. The molecule has 0 heterocycles. The summed E-state index contributed by atoms with van der Waals surface area (Å²) in [5.41, 5.74) is 1.26. The lowest BCUT2D eigenvalue weighted by atomic mass is 10.0. The smallest absolute Gasteiger partial charge is 0.165 e. The maximum atomic E-state index is 13.0. The molecular formula is C10H8ClFO. The SMILES string of the molecule is CC1CC(=O)c2c1ccc(F)c2Cl. The molecule has 1 aromatic rings. The van der Waals surface area contributed by atoms with Crippen LogP contribution in [0, 0.1) is 5.82 Å². The zero-order chi connectivity index (χ0) is 9.59. The monoisotopic (exact) mass is 198 g/mol. The van der Waals surface area contributed by atoms with Crippen molar-refractivity contribution in [1.29, 1.82) is 0 Å². The minimum atomic E-state index is -0.511. The van der Waals surface area contributed by atoms with Crippen LogP contribution in [-0.2, 0) is 0 Å². The number of Topliss-reactive ketones (excluding diaryl/α,β-unsaturated/α-hetero) is 1. The van der Waals surface area contributed by atoms with Crippen LogP contribution in [0.2, 0.25) is 5.02 Å². The lowest BCUT2D eigenvalue weighted by Crippen LogP contribution is -1.94. The number of hydrogen-bond donors (Lipinski definition) is 0. The molecule has 1 atom stereocenters. The van der Waals surface area contributed by atoms with Gasteiger partial charge in [0.2, 0.25) is 0 Å². The van der Waals surface area contributed by atoms with E-state index in [-0.39, 0.29) is 16.7 Å². The van der Waals surface area contributed by atoms with Gasteiger partial charge in [-0.05, 0) is 17.5 Å². The average Bonchev–Trinajstić information content (AvgIpc) is 2.35. The van der Waals surface area contributed by atoms with Gasteiger partial charge in [0.15, 0.2) is 5.78 Å².